The normalized spacial score (nSPS) is 7.96. The Bertz CT molecular complexity index is 1210. The third-order valence-corrected chi connectivity index (χ3v) is 5.15. The van der Waals surface area contributed by atoms with Gasteiger partial charge < -0.3 is 30.6 Å². The predicted molar refractivity (Wildman–Crippen MR) is 211 cm³/mol. The summed E-state index contributed by atoms with van der Waals surface area (Å²) in [5, 5.41) is 48.9. The van der Waals surface area contributed by atoms with Crippen LogP contribution in [0.4, 0.5) is 0 Å². The molecular formula is C44H56O6Zr2-2. The molecular weight excluding hydrogens is 807 g/mol. The van der Waals surface area contributed by atoms with E-state index in [-0.39, 0.29) is 92.0 Å². The first-order valence-corrected chi connectivity index (χ1v) is 15.7. The number of hydrogen-bond donors (Lipinski definition) is 6. The number of hydrogen-bond acceptors (Lipinski definition) is 6. The van der Waals surface area contributed by atoms with Gasteiger partial charge in [-0.25, -0.2) is 0 Å². The zero-order chi connectivity index (χ0) is 37.9. The molecule has 0 aromatic heterocycles. The van der Waals surface area contributed by atoms with Gasteiger partial charge in [0.15, 0.2) is 0 Å². The largest absolute Gasteiger partial charge is 0.392 e. The molecule has 0 amide bonds. The summed E-state index contributed by atoms with van der Waals surface area (Å²) in [7, 11) is 0. The molecule has 52 heavy (non-hydrogen) atoms. The van der Waals surface area contributed by atoms with Gasteiger partial charge in [-0.2, -0.15) is 49.2 Å². The van der Waals surface area contributed by atoms with Crippen molar-refractivity contribution in [2.24, 2.45) is 0 Å². The van der Waals surface area contributed by atoms with Crippen molar-refractivity contribution in [3.63, 3.8) is 0 Å². The maximum atomic E-state index is 8.54. The molecule has 0 aliphatic rings. The fourth-order valence-corrected chi connectivity index (χ4v) is 2.71. The molecule has 5 aromatic carbocycles. The van der Waals surface area contributed by atoms with E-state index in [1.165, 1.54) is 18.2 Å². The zero-order valence-electron chi connectivity index (χ0n) is 30.1. The van der Waals surface area contributed by atoms with Crippen LogP contribution in [0.15, 0.2) is 190 Å². The summed E-state index contributed by atoms with van der Waals surface area (Å²) in [6.07, 6.45) is 4.29. The van der Waals surface area contributed by atoms with Crippen LogP contribution in [0.3, 0.4) is 0 Å². The van der Waals surface area contributed by atoms with Gasteiger partial charge in [0.05, 0.1) is 39.6 Å². The van der Waals surface area contributed by atoms with Crippen LogP contribution in [0.25, 0.3) is 0 Å². The fraction of sp³-hybridized carbons (Fsp3) is 0.136. The van der Waals surface area contributed by atoms with Crippen LogP contribution < -0.4 is 0 Å². The smallest absolute Gasteiger partial charge is 0.0681 e. The van der Waals surface area contributed by atoms with Crippen molar-refractivity contribution in [2.75, 3.05) is 19.8 Å². The van der Waals surface area contributed by atoms with E-state index in [1.807, 2.05) is 152 Å². The van der Waals surface area contributed by atoms with Gasteiger partial charge in [-0.05, 0) is 16.7 Å². The summed E-state index contributed by atoms with van der Waals surface area (Å²) in [6, 6.07) is 48.3. The summed E-state index contributed by atoms with van der Waals surface area (Å²) in [5.41, 5.74) is 5.04. The van der Waals surface area contributed by atoms with Crippen LogP contribution in [0, 0.1) is 13.8 Å². The Hall–Kier alpha value is -3.41. The molecule has 278 valence electrons. The van der Waals surface area contributed by atoms with Crippen molar-refractivity contribution in [1.29, 1.82) is 0 Å². The Balaban J connectivity index is -0.000000164. The maximum absolute atomic E-state index is 8.54. The van der Waals surface area contributed by atoms with Crippen molar-refractivity contribution in [3.8, 4) is 0 Å². The van der Waals surface area contributed by atoms with Crippen LogP contribution >= 0.6 is 0 Å². The van der Waals surface area contributed by atoms with Gasteiger partial charge in [-0.3, -0.25) is 0 Å². The van der Waals surface area contributed by atoms with Crippen molar-refractivity contribution in [1.82, 2.24) is 0 Å². The molecule has 6 nitrogen and oxygen atoms in total. The SMILES string of the molecule is C=CCO.C=CCO.C=CCO.OCc1ccccc1.OCc1ccccc1.OCc1ccccc1.[CH2-]c1ccccc1.[CH2-]c1ccccc1.[Zr].[Zr]. The number of benzene rings is 5. The van der Waals surface area contributed by atoms with Crippen molar-refractivity contribution >= 4 is 0 Å². The first kappa shape index (κ1) is 57.9. The second-order valence-electron chi connectivity index (χ2n) is 9.32. The fourth-order valence-electron chi connectivity index (χ4n) is 2.71. The molecule has 0 saturated heterocycles. The van der Waals surface area contributed by atoms with Crippen molar-refractivity contribution < 1.29 is 83.0 Å². The second-order valence-corrected chi connectivity index (χ2v) is 9.32. The Kier molecular flexibility index (Phi) is 55.3. The summed E-state index contributed by atoms with van der Waals surface area (Å²) in [5.74, 6) is 0. The van der Waals surface area contributed by atoms with Crippen molar-refractivity contribution in [2.45, 2.75) is 19.8 Å². The molecule has 0 bridgehead atoms. The van der Waals surface area contributed by atoms with E-state index < -0.39 is 0 Å². The van der Waals surface area contributed by atoms with Crippen LogP contribution in [0.1, 0.15) is 27.8 Å². The topological polar surface area (TPSA) is 121 Å². The molecule has 8 heteroatoms. The van der Waals surface area contributed by atoms with Gasteiger partial charge in [0.2, 0.25) is 0 Å². The molecule has 0 radical (unpaired) electrons. The predicted octanol–water partition coefficient (Wildman–Crippen LogP) is 7.76. The van der Waals surface area contributed by atoms with E-state index in [0.717, 1.165) is 27.8 Å². The molecule has 5 aromatic rings. The first-order chi connectivity index (χ1) is 24.3. The van der Waals surface area contributed by atoms with Gasteiger partial charge in [0.25, 0.3) is 0 Å². The molecule has 0 heterocycles. The quantitative estimate of drug-likeness (QED) is 0.0768. The first-order valence-electron chi connectivity index (χ1n) is 15.7. The zero-order valence-corrected chi connectivity index (χ0v) is 35.0. The minimum atomic E-state index is 0. The number of rotatable bonds is 6. The van der Waals surface area contributed by atoms with Gasteiger partial charge in [-0.15, -0.1) is 44.0 Å². The van der Waals surface area contributed by atoms with E-state index in [1.54, 1.807) is 0 Å². The van der Waals surface area contributed by atoms with E-state index >= 15 is 0 Å². The van der Waals surface area contributed by atoms with Crippen molar-refractivity contribution in [3.05, 3.63) is 231 Å². The molecule has 5 rings (SSSR count). The van der Waals surface area contributed by atoms with Gasteiger partial charge >= 0.3 is 0 Å². The Morgan fingerprint density at radius 3 is 0.577 bits per heavy atom. The third kappa shape index (κ3) is 46.6. The molecule has 0 atom stereocenters. The molecule has 6 N–H and O–H groups in total. The third-order valence-electron chi connectivity index (χ3n) is 5.15. The molecule has 0 fully saturated rings. The standard InChI is InChI=1S/3C7H8O.2C7H7.3C3H6O.2Zr/c3*8-6-7-4-2-1-3-5-7;2*1-7-5-3-2-4-6-7;3*1-2-3-4;;/h3*1-5,8H,6H2;2*2-6H,1H2;3*2,4H,1,3H2;;/q;;;2*-1;;;;;. The summed E-state index contributed by atoms with van der Waals surface area (Å²) < 4.78 is 0. The average molecular weight is 863 g/mol. The summed E-state index contributed by atoms with van der Waals surface area (Å²) in [6.45, 7) is 17.8. The maximum Gasteiger partial charge on any atom is 0.0681 e. The Labute approximate surface area is 351 Å². The van der Waals surface area contributed by atoms with E-state index in [4.69, 9.17) is 30.6 Å². The Morgan fingerprint density at radius 2 is 0.500 bits per heavy atom. The Morgan fingerprint density at radius 1 is 0.346 bits per heavy atom. The summed E-state index contributed by atoms with van der Waals surface area (Å²) in [4.78, 5) is 0. The average Bonchev–Trinajstić information content (AvgIpc) is 3.20. The molecule has 0 spiro atoms. The molecule has 0 aliphatic heterocycles. The van der Waals surface area contributed by atoms with E-state index in [0.29, 0.717) is 0 Å². The van der Waals surface area contributed by atoms with Gasteiger partial charge in [0, 0.05) is 52.4 Å². The molecule has 0 unspecified atom stereocenters. The number of aliphatic hydroxyl groups excluding tert-OH is 6. The molecule has 0 aliphatic carbocycles. The monoisotopic (exact) mass is 860 g/mol. The number of aliphatic hydroxyl groups is 6. The van der Waals surface area contributed by atoms with Crippen LogP contribution in [-0.4, -0.2) is 50.5 Å². The van der Waals surface area contributed by atoms with E-state index in [9.17, 15) is 0 Å². The summed E-state index contributed by atoms with van der Waals surface area (Å²) >= 11 is 0. The van der Waals surface area contributed by atoms with Crippen LogP contribution in [-0.2, 0) is 72.2 Å². The van der Waals surface area contributed by atoms with Gasteiger partial charge in [-0.1, -0.05) is 121 Å². The van der Waals surface area contributed by atoms with Crippen LogP contribution in [0.5, 0.6) is 0 Å². The second kappa shape index (κ2) is 49.7. The molecule has 0 saturated carbocycles. The van der Waals surface area contributed by atoms with E-state index in [2.05, 4.69) is 33.6 Å². The van der Waals surface area contributed by atoms with Crippen LogP contribution in [0.2, 0.25) is 0 Å². The van der Waals surface area contributed by atoms with Gasteiger partial charge in [0.1, 0.15) is 0 Å². The minimum absolute atomic E-state index is 0. The minimum Gasteiger partial charge on any atom is -0.392 e.